The Balaban J connectivity index is 2.50. The van der Waals surface area contributed by atoms with Gasteiger partial charge in [0.2, 0.25) is 5.95 Å². The molecule has 116 valence electrons. The fourth-order valence-corrected chi connectivity index (χ4v) is 1.99. The molecule has 2 aromatic rings. The molecule has 0 amide bonds. The molecule has 0 saturated heterocycles. The smallest absolute Gasteiger partial charge is 0.222 e. The zero-order chi connectivity index (χ0) is 16.3. The van der Waals surface area contributed by atoms with Crippen LogP contribution >= 0.6 is 0 Å². The van der Waals surface area contributed by atoms with E-state index < -0.39 is 0 Å². The lowest BCUT2D eigenvalue weighted by Crippen LogP contribution is -2.03. The van der Waals surface area contributed by atoms with Crippen LogP contribution in [0.15, 0.2) is 23.3 Å². The summed E-state index contributed by atoms with van der Waals surface area (Å²) in [7, 11) is 1.58. The minimum atomic E-state index is 0.0945. The standard InChI is InChI=1S/C15H19N5O2/c1-8(2)9-5-12(21-4)10(18-3)6-11(9)22-13-7-19-15(17)20-14(13)16/h5-8H,3H2,1-2,4H3,(H4,16,17,19,20). The minimum Gasteiger partial charge on any atom is -0.494 e. The lowest BCUT2D eigenvalue weighted by Gasteiger charge is -2.17. The van der Waals surface area contributed by atoms with Gasteiger partial charge in [-0.25, -0.2) is 4.98 Å². The van der Waals surface area contributed by atoms with Crippen LogP contribution in [0.4, 0.5) is 17.5 Å². The fourth-order valence-electron chi connectivity index (χ4n) is 1.99. The highest BCUT2D eigenvalue weighted by atomic mass is 16.5. The van der Waals surface area contributed by atoms with E-state index in [1.54, 1.807) is 13.2 Å². The van der Waals surface area contributed by atoms with Crippen LogP contribution in [0.3, 0.4) is 0 Å². The Labute approximate surface area is 129 Å². The Morgan fingerprint density at radius 1 is 1.18 bits per heavy atom. The lowest BCUT2D eigenvalue weighted by atomic mass is 10.0. The molecule has 0 unspecified atom stereocenters. The van der Waals surface area contributed by atoms with Crippen LogP contribution in [0.1, 0.15) is 25.3 Å². The summed E-state index contributed by atoms with van der Waals surface area (Å²) in [4.78, 5) is 11.7. The molecule has 0 fully saturated rings. The van der Waals surface area contributed by atoms with Crippen molar-refractivity contribution in [2.45, 2.75) is 19.8 Å². The molecule has 0 bridgehead atoms. The summed E-state index contributed by atoms with van der Waals surface area (Å²) < 4.78 is 11.2. The van der Waals surface area contributed by atoms with Gasteiger partial charge in [0.15, 0.2) is 11.6 Å². The maximum atomic E-state index is 5.85. The van der Waals surface area contributed by atoms with Crippen molar-refractivity contribution in [1.82, 2.24) is 9.97 Å². The van der Waals surface area contributed by atoms with Gasteiger partial charge in [0.25, 0.3) is 0 Å². The molecule has 1 aromatic heterocycles. The lowest BCUT2D eigenvalue weighted by molar-refractivity contribution is 0.412. The second-order valence-corrected chi connectivity index (χ2v) is 4.95. The predicted molar refractivity (Wildman–Crippen MR) is 87.2 cm³/mol. The van der Waals surface area contributed by atoms with Crippen LogP contribution < -0.4 is 20.9 Å². The second-order valence-electron chi connectivity index (χ2n) is 4.95. The van der Waals surface area contributed by atoms with Crippen LogP contribution in [0.2, 0.25) is 0 Å². The van der Waals surface area contributed by atoms with E-state index in [0.717, 1.165) is 5.56 Å². The molecule has 0 aliphatic carbocycles. The van der Waals surface area contributed by atoms with Crippen molar-refractivity contribution in [2.75, 3.05) is 18.6 Å². The monoisotopic (exact) mass is 301 g/mol. The van der Waals surface area contributed by atoms with E-state index in [1.165, 1.54) is 6.20 Å². The molecule has 1 aromatic carbocycles. The van der Waals surface area contributed by atoms with Crippen LogP contribution in [0, 0.1) is 0 Å². The topological polar surface area (TPSA) is 109 Å². The Morgan fingerprint density at radius 3 is 2.45 bits per heavy atom. The Kier molecular flexibility index (Phi) is 4.45. The number of nitrogens with zero attached hydrogens (tertiary/aromatic N) is 3. The van der Waals surface area contributed by atoms with Crippen molar-refractivity contribution < 1.29 is 9.47 Å². The molecular weight excluding hydrogens is 282 g/mol. The normalized spacial score (nSPS) is 10.5. The van der Waals surface area contributed by atoms with Crippen molar-refractivity contribution in [2.24, 2.45) is 4.99 Å². The first kappa shape index (κ1) is 15.6. The van der Waals surface area contributed by atoms with Gasteiger partial charge in [0, 0.05) is 11.6 Å². The van der Waals surface area contributed by atoms with E-state index in [0.29, 0.717) is 22.9 Å². The van der Waals surface area contributed by atoms with Crippen LogP contribution in [-0.2, 0) is 0 Å². The number of anilines is 2. The fraction of sp³-hybridized carbons (Fsp3) is 0.267. The summed E-state index contributed by atoms with van der Waals surface area (Å²) >= 11 is 0. The van der Waals surface area contributed by atoms with Crippen LogP contribution in [0.5, 0.6) is 17.2 Å². The van der Waals surface area contributed by atoms with E-state index in [9.17, 15) is 0 Å². The van der Waals surface area contributed by atoms with Crippen molar-refractivity contribution >= 4 is 24.2 Å². The van der Waals surface area contributed by atoms with Gasteiger partial charge in [0.1, 0.15) is 17.2 Å². The Bertz CT molecular complexity index is 701. The molecule has 0 saturated carbocycles. The first-order chi connectivity index (χ1) is 10.5. The summed E-state index contributed by atoms with van der Waals surface area (Å²) in [6.45, 7) is 7.63. The van der Waals surface area contributed by atoms with Crippen molar-refractivity contribution in [3.63, 3.8) is 0 Å². The Morgan fingerprint density at radius 2 is 1.91 bits per heavy atom. The molecule has 0 aliphatic rings. The average Bonchev–Trinajstić information content (AvgIpc) is 2.49. The number of nitrogens with two attached hydrogens (primary N) is 2. The third-order valence-corrected chi connectivity index (χ3v) is 3.13. The molecule has 1 heterocycles. The van der Waals surface area contributed by atoms with Crippen molar-refractivity contribution in [1.29, 1.82) is 0 Å². The maximum absolute atomic E-state index is 5.85. The average molecular weight is 301 g/mol. The molecule has 0 spiro atoms. The molecular formula is C15H19N5O2. The second kappa shape index (κ2) is 6.30. The Hall–Kier alpha value is -2.83. The molecule has 22 heavy (non-hydrogen) atoms. The van der Waals surface area contributed by atoms with E-state index in [4.69, 9.17) is 20.9 Å². The molecule has 0 radical (unpaired) electrons. The van der Waals surface area contributed by atoms with E-state index in [-0.39, 0.29) is 17.7 Å². The predicted octanol–water partition coefficient (Wildman–Crippen LogP) is 2.90. The van der Waals surface area contributed by atoms with Gasteiger partial charge < -0.3 is 20.9 Å². The minimum absolute atomic E-state index is 0.0945. The van der Waals surface area contributed by atoms with E-state index in [2.05, 4.69) is 21.7 Å². The molecule has 4 N–H and O–H groups in total. The third kappa shape index (κ3) is 3.08. The van der Waals surface area contributed by atoms with Gasteiger partial charge in [-0.2, -0.15) is 4.98 Å². The zero-order valence-electron chi connectivity index (χ0n) is 12.8. The number of rotatable bonds is 5. The largest absolute Gasteiger partial charge is 0.494 e. The summed E-state index contributed by atoms with van der Waals surface area (Å²) in [6.07, 6.45) is 1.44. The van der Waals surface area contributed by atoms with E-state index in [1.807, 2.05) is 19.9 Å². The number of aromatic nitrogens is 2. The number of benzene rings is 1. The summed E-state index contributed by atoms with van der Waals surface area (Å²) in [5.41, 5.74) is 12.8. The molecule has 7 nitrogen and oxygen atoms in total. The first-order valence-electron chi connectivity index (χ1n) is 6.70. The maximum Gasteiger partial charge on any atom is 0.222 e. The summed E-state index contributed by atoms with van der Waals surface area (Å²) in [5, 5.41) is 0. The summed E-state index contributed by atoms with van der Waals surface area (Å²) in [6, 6.07) is 3.62. The van der Waals surface area contributed by atoms with Gasteiger partial charge in [-0.3, -0.25) is 4.99 Å². The van der Waals surface area contributed by atoms with Crippen molar-refractivity contribution in [3.05, 3.63) is 23.9 Å². The number of nitrogen functional groups attached to an aromatic ring is 2. The quantitative estimate of drug-likeness (QED) is 0.822. The van der Waals surface area contributed by atoms with Gasteiger partial charge in [0.05, 0.1) is 13.3 Å². The third-order valence-electron chi connectivity index (χ3n) is 3.13. The highest BCUT2D eigenvalue weighted by molar-refractivity contribution is 5.63. The van der Waals surface area contributed by atoms with Gasteiger partial charge in [-0.1, -0.05) is 13.8 Å². The van der Waals surface area contributed by atoms with Gasteiger partial charge in [-0.15, -0.1) is 0 Å². The first-order valence-corrected chi connectivity index (χ1v) is 6.70. The highest BCUT2D eigenvalue weighted by Gasteiger charge is 2.16. The van der Waals surface area contributed by atoms with E-state index >= 15 is 0 Å². The molecule has 0 aliphatic heterocycles. The summed E-state index contributed by atoms with van der Waals surface area (Å²) in [5.74, 6) is 2.03. The van der Waals surface area contributed by atoms with Crippen LogP contribution in [-0.4, -0.2) is 23.8 Å². The zero-order valence-corrected chi connectivity index (χ0v) is 12.8. The molecule has 7 heteroatoms. The van der Waals surface area contributed by atoms with Crippen LogP contribution in [0.25, 0.3) is 0 Å². The van der Waals surface area contributed by atoms with Crippen molar-refractivity contribution in [3.8, 4) is 17.2 Å². The molecule has 2 rings (SSSR count). The number of methoxy groups -OCH3 is 1. The molecule has 0 atom stereocenters. The number of aliphatic imine (C=N–C) groups is 1. The SMILES string of the molecule is C=Nc1cc(Oc2cnc(N)nc2N)c(C(C)C)cc1OC. The number of hydrogen-bond acceptors (Lipinski definition) is 7. The highest BCUT2D eigenvalue weighted by Crippen LogP contribution is 2.40. The number of hydrogen-bond donors (Lipinski definition) is 2. The van der Waals surface area contributed by atoms with Gasteiger partial charge >= 0.3 is 0 Å². The number of ether oxygens (including phenoxy) is 2. The van der Waals surface area contributed by atoms with Gasteiger partial charge in [-0.05, 0) is 18.7 Å².